The number of nitrogens with zero attached hydrogens (tertiary/aromatic N) is 6. The van der Waals surface area contributed by atoms with Gasteiger partial charge in [0.15, 0.2) is 5.82 Å². The van der Waals surface area contributed by atoms with Crippen molar-refractivity contribution in [2.75, 3.05) is 6.54 Å². The molecule has 0 aromatic carbocycles. The Morgan fingerprint density at radius 2 is 2.09 bits per heavy atom. The summed E-state index contributed by atoms with van der Waals surface area (Å²) < 4.78 is 3.94. The average Bonchev–Trinajstić information content (AvgIpc) is 3.14. The summed E-state index contributed by atoms with van der Waals surface area (Å²) in [5.41, 5.74) is 0. The van der Waals surface area contributed by atoms with Gasteiger partial charge in [-0.15, -0.1) is 10.2 Å². The number of carbonyl (C=O) groups is 1. The van der Waals surface area contributed by atoms with E-state index in [0.29, 0.717) is 25.6 Å². The number of amides is 1. The van der Waals surface area contributed by atoms with Gasteiger partial charge in [0.2, 0.25) is 5.91 Å². The molecule has 0 spiro atoms. The van der Waals surface area contributed by atoms with Gasteiger partial charge in [-0.2, -0.15) is 5.10 Å². The van der Waals surface area contributed by atoms with Crippen molar-refractivity contribution in [1.29, 1.82) is 0 Å². The molecule has 0 bridgehead atoms. The molecule has 0 saturated carbocycles. The van der Waals surface area contributed by atoms with E-state index in [1.807, 2.05) is 24.1 Å². The number of rotatable bonds is 4. The van der Waals surface area contributed by atoms with E-state index in [1.165, 1.54) is 0 Å². The van der Waals surface area contributed by atoms with Crippen molar-refractivity contribution in [1.82, 2.24) is 29.4 Å². The second-order valence-electron chi connectivity index (χ2n) is 6.17. The second kappa shape index (κ2) is 5.90. The second-order valence-corrected chi connectivity index (χ2v) is 6.17. The Kier molecular flexibility index (Phi) is 3.96. The van der Waals surface area contributed by atoms with Crippen LogP contribution in [-0.4, -0.2) is 41.9 Å². The molecule has 1 aliphatic heterocycles. The van der Waals surface area contributed by atoms with Crippen molar-refractivity contribution in [2.24, 2.45) is 5.92 Å². The fraction of sp³-hybridized carbons (Fsp3) is 0.600. The minimum absolute atomic E-state index is 0.0982. The van der Waals surface area contributed by atoms with Crippen molar-refractivity contribution >= 4 is 5.91 Å². The summed E-state index contributed by atoms with van der Waals surface area (Å²) >= 11 is 0. The molecule has 1 amide bonds. The van der Waals surface area contributed by atoms with Crippen molar-refractivity contribution < 1.29 is 4.79 Å². The molecule has 0 N–H and O–H groups in total. The summed E-state index contributed by atoms with van der Waals surface area (Å²) in [6.07, 6.45) is 3.61. The molecule has 7 heteroatoms. The summed E-state index contributed by atoms with van der Waals surface area (Å²) in [7, 11) is 0. The Labute approximate surface area is 129 Å². The lowest BCUT2D eigenvalue weighted by atomic mass is 10.1. The Bertz CT molecular complexity index is 645. The van der Waals surface area contributed by atoms with E-state index in [0.717, 1.165) is 18.2 Å². The lowest BCUT2D eigenvalue weighted by molar-refractivity contribution is -0.137. The van der Waals surface area contributed by atoms with Crippen LogP contribution < -0.4 is 0 Å². The van der Waals surface area contributed by atoms with Crippen LogP contribution in [-0.2, 0) is 24.4 Å². The maximum atomic E-state index is 12.6. The van der Waals surface area contributed by atoms with Gasteiger partial charge in [0.05, 0.1) is 19.0 Å². The molecular weight excluding hydrogens is 280 g/mol. The van der Waals surface area contributed by atoms with Gasteiger partial charge in [0, 0.05) is 31.4 Å². The van der Waals surface area contributed by atoms with E-state index in [4.69, 9.17) is 0 Å². The Hall–Kier alpha value is -2.18. The third-order valence-corrected chi connectivity index (χ3v) is 4.05. The van der Waals surface area contributed by atoms with E-state index in [9.17, 15) is 4.79 Å². The third-order valence-electron chi connectivity index (χ3n) is 4.05. The van der Waals surface area contributed by atoms with Gasteiger partial charge in [-0.1, -0.05) is 20.8 Å². The molecule has 1 atom stereocenters. The highest BCUT2D eigenvalue weighted by Crippen LogP contribution is 2.19. The van der Waals surface area contributed by atoms with Crippen molar-refractivity contribution in [2.45, 2.75) is 46.3 Å². The van der Waals surface area contributed by atoms with Crippen molar-refractivity contribution in [3.63, 3.8) is 0 Å². The van der Waals surface area contributed by atoms with E-state index in [-0.39, 0.29) is 11.8 Å². The molecule has 0 saturated heterocycles. The lowest BCUT2D eigenvalue weighted by Gasteiger charge is -2.30. The van der Waals surface area contributed by atoms with E-state index in [2.05, 4.69) is 33.7 Å². The number of fused-ring (bicyclic) bond motifs is 1. The quantitative estimate of drug-likeness (QED) is 0.853. The maximum absolute atomic E-state index is 12.6. The highest BCUT2D eigenvalue weighted by molar-refractivity contribution is 5.78. The fourth-order valence-corrected chi connectivity index (χ4v) is 2.87. The molecule has 0 fully saturated rings. The first kappa shape index (κ1) is 14.7. The van der Waals surface area contributed by atoms with Gasteiger partial charge in [0.25, 0.3) is 0 Å². The number of hydrogen-bond acceptors (Lipinski definition) is 4. The van der Waals surface area contributed by atoms with Crippen LogP contribution in [0.2, 0.25) is 0 Å². The van der Waals surface area contributed by atoms with E-state index in [1.54, 1.807) is 10.9 Å². The van der Waals surface area contributed by atoms with Crippen LogP contribution >= 0.6 is 0 Å². The van der Waals surface area contributed by atoms with Gasteiger partial charge >= 0.3 is 0 Å². The standard InChI is InChI=1S/C15H22N6O/c1-11(2)14-18-17-13-10-19(7-8-21(13)14)15(22)12(3)9-20-6-4-5-16-20/h4-6,11-12H,7-10H2,1-3H3/t12-/m0/s1. The first-order chi connectivity index (χ1) is 10.6. The molecule has 1 aliphatic rings. The zero-order valence-electron chi connectivity index (χ0n) is 13.3. The molecular formula is C15H22N6O. The van der Waals surface area contributed by atoms with Gasteiger partial charge < -0.3 is 9.47 Å². The monoisotopic (exact) mass is 302 g/mol. The first-order valence-corrected chi connectivity index (χ1v) is 7.74. The lowest BCUT2D eigenvalue weighted by Crippen LogP contribution is -2.42. The topological polar surface area (TPSA) is 68.8 Å². The summed E-state index contributed by atoms with van der Waals surface area (Å²) in [5, 5.41) is 12.7. The number of carbonyl (C=O) groups excluding carboxylic acids is 1. The van der Waals surface area contributed by atoms with Crippen LogP contribution in [0.25, 0.3) is 0 Å². The average molecular weight is 302 g/mol. The molecule has 3 heterocycles. The molecule has 118 valence electrons. The Morgan fingerprint density at radius 1 is 1.27 bits per heavy atom. The van der Waals surface area contributed by atoms with E-state index >= 15 is 0 Å². The van der Waals surface area contributed by atoms with Gasteiger partial charge in [-0.25, -0.2) is 0 Å². The Balaban J connectivity index is 1.67. The fourth-order valence-electron chi connectivity index (χ4n) is 2.87. The molecule has 7 nitrogen and oxygen atoms in total. The number of hydrogen-bond donors (Lipinski definition) is 0. The first-order valence-electron chi connectivity index (χ1n) is 7.74. The summed E-state index contributed by atoms with van der Waals surface area (Å²) in [6.45, 7) is 8.81. The highest BCUT2D eigenvalue weighted by atomic mass is 16.2. The largest absolute Gasteiger partial charge is 0.333 e. The molecule has 3 rings (SSSR count). The molecule has 2 aromatic rings. The third kappa shape index (κ3) is 2.75. The van der Waals surface area contributed by atoms with Crippen LogP contribution in [0.15, 0.2) is 18.5 Å². The number of aromatic nitrogens is 5. The highest BCUT2D eigenvalue weighted by Gasteiger charge is 2.28. The van der Waals surface area contributed by atoms with Crippen LogP contribution in [0.1, 0.15) is 38.3 Å². The summed E-state index contributed by atoms with van der Waals surface area (Å²) in [6, 6.07) is 1.87. The summed E-state index contributed by atoms with van der Waals surface area (Å²) in [5.74, 6) is 2.29. The van der Waals surface area contributed by atoms with Crippen molar-refractivity contribution in [3.05, 3.63) is 30.1 Å². The molecule has 0 radical (unpaired) electrons. The van der Waals surface area contributed by atoms with Crippen LogP contribution in [0, 0.1) is 5.92 Å². The summed E-state index contributed by atoms with van der Waals surface area (Å²) in [4.78, 5) is 14.5. The zero-order valence-corrected chi connectivity index (χ0v) is 13.3. The zero-order chi connectivity index (χ0) is 15.7. The smallest absolute Gasteiger partial charge is 0.227 e. The van der Waals surface area contributed by atoms with Gasteiger partial charge in [-0.05, 0) is 6.07 Å². The maximum Gasteiger partial charge on any atom is 0.227 e. The van der Waals surface area contributed by atoms with Crippen LogP contribution in [0.3, 0.4) is 0 Å². The van der Waals surface area contributed by atoms with Crippen LogP contribution in [0.4, 0.5) is 0 Å². The van der Waals surface area contributed by atoms with E-state index < -0.39 is 0 Å². The SMILES string of the molecule is CC(C)c1nnc2n1CCN(C(=O)[C@@H](C)Cn1cccn1)C2. The molecule has 0 aliphatic carbocycles. The molecule has 22 heavy (non-hydrogen) atoms. The predicted molar refractivity (Wildman–Crippen MR) is 80.9 cm³/mol. The Morgan fingerprint density at radius 3 is 2.77 bits per heavy atom. The minimum Gasteiger partial charge on any atom is -0.333 e. The van der Waals surface area contributed by atoms with Gasteiger partial charge in [-0.3, -0.25) is 9.48 Å². The molecule has 0 unspecified atom stereocenters. The van der Waals surface area contributed by atoms with Crippen molar-refractivity contribution in [3.8, 4) is 0 Å². The minimum atomic E-state index is -0.0982. The molecule has 2 aromatic heterocycles. The van der Waals surface area contributed by atoms with Gasteiger partial charge in [0.1, 0.15) is 5.82 Å². The van der Waals surface area contributed by atoms with Crippen LogP contribution in [0.5, 0.6) is 0 Å². The predicted octanol–water partition coefficient (Wildman–Crippen LogP) is 1.28. The normalized spacial score (nSPS) is 15.9.